The molecule has 0 saturated carbocycles. The summed E-state index contributed by atoms with van der Waals surface area (Å²) in [4.78, 5) is 45.7. The van der Waals surface area contributed by atoms with Crippen LogP contribution in [0.15, 0.2) is 80.4 Å². The molecule has 0 atom stereocenters. The van der Waals surface area contributed by atoms with Crippen molar-refractivity contribution in [3.63, 3.8) is 0 Å². The van der Waals surface area contributed by atoms with E-state index in [-0.39, 0.29) is 23.9 Å². The van der Waals surface area contributed by atoms with E-state index in [0.717, 1.165) is 23.8 Å². The van der Waals surface area contributed by atoms with Gasteiger partial charge in [-0.15, -0.1) is 0 Å². The van der Waals surface area contributed by atoms with Crippen LogP contribution in [-0.4, -0.2) is 37.5 Å². The molecule has 0 amide bonds. The Morgan fingerprint density at radius 3 is 1.89 bits per heavy atom. The minimum atomic E-state index is -0.860. The third-order valence-electron chi connectivity index (χ3n) is 4.10. The fourth-order valence-electron chi connectivity index (χ4n) is 2.36. The van der Waals surface area contributed by atoms with Crippen LogP contribution in [0.3, 0.4) is 0 Å². The number of rotatable bonds is 12. The van der Waals surface area contributed by atoms with Crippen molar-refractivity contribution in [2.24, 2.45) is 0 Å². The first-order valence-electron chi connectivity index (χ1n) is 10.4. The molecule has 0 unspecified atom stereocenters. The summed E-state index contributed by atoms with van der Waals surface area (Å²) < 4.78 is 30.3. The van der Waals surface area contributed by atoms with Gasteiger partial charge in [-0.25, -0.2) is 19.2 Å². The molecule has 2 rings (SSSR count). The molecule has 0 aromatic heterocycles. The summed E-state index contributed by atoms with van der Waals surface area (Å²) in [5.74, 6) is 2.39. The van der Waals surface area contributed by atoms with E-state index in [1.807, 2.05) is 0 Å². The highest BCUT2D eigenvalue weighted by Gasteiger charge is 2.11. The van der Waals surface area contributed by atoms with Gasteiger partial charge in [0.15, 0.2) is 11.5 Å². The molecule has 0 aliphatic carbocycles. The number of hydrogen-bond acceptors (Lipinski definition) is 10. The maximum Gasteiger partial charge on any atom is 0.390 e. The molecule has 0 fully saturated rings. The molecule has 37 heavy (non-hydrogen) atoms. The first kappa shape index (κ1) is 27.9. The zero-order valence-corrected chi connectivity index (χ0v) is 19.6. The Hall–Kier alpha value is -5.30. The van der Waals surface area contributed by atoms with E-state index in [1.165, 1.54) is 18.2 Å². The molecule has 190 valence electrons. The van der Waals surface area contributed by atoms with Crippen LogP contribution >= 0.6 is 0 Å². The molecule has 0 heterocycles. The normalized spacial score (nSPS) is 9.41. The average Bonchev–Trinajstić information content (AvgIpc) is 2.91. The molecule has 0 N–H and O–H groups in total. The zero-order valence-electron chi connectivity index (χ0n) is 19.6. The second-order valence-electron chi connectivity index (χ2n) is 6.62. The van der Waals surface area contributed by atoms with Crippen LogP contribution in [0.4, 0.5) is 0 Å². The predicted octanol–water partition coefficient (Wildman–Crippen LogP) is 3.00. The molecule has 0 bridgehead atoms. The fourth-order valence-corrected chi connectivity index (χ4v) is 2.36. The Balaban J connectivity index is 2.04. The van der Waals surface area contributed by atoms with Gasteiger partial charge in [-0.1, -0.05) is 37.8 Å². The standard InChI is InChI=1S/C27H22O10/c1-4-24(28)32-16-20-9-7-19(8-10-20)11-14-27(31)37-21-12-13-22(33-17-35-25(29)5-2)23(15-21)34-18-36-26(30)6-3/h4-10,12-13,15H,1-3,16-18H2. The number of carbonyl (C=O) groups excluding carboxylic acids is 4. The summed E-state index contributed by atoms with van der Waals surface area (Å²) in [6.07, 6.45) is 2.99. The lowest BCUT2D eigenvalue weighted by atomic mass is 10.1. The summed E-state index contributed by atoms with van der Waals surface area (Å²) >= 11 is 0. The Bertz CT molecular complexity index is 1230. The molecule has 10 heteroatoms. The van der Waals surface area contributed by atoms with Gasteiger partial charge in [0.05, 0.1) is 0 Å². The second kappa shape index (κ2) is 14.9. The number of benzene rings is 2. The fraction of sp³-hybridized carbons (Fsp3) is 0.111. The maximum absolute atomic E-state index is 12.2. The first-order valence-corrected chi connectivity index (χ1v) is 10.4. The van der Waals surface area contributed by atoms with Crippen LogP contribution in [0.25, 0.3) is 0 Å². The van der Waals surface area contributed by atoms with Gasteiger partial charge in [-0.3, -0.25) is 0 Å². The molecule has 10 nitrogen and oxygen atoms in total. The average molecular weight is 506 g/mol. The molecule has 0 spiro atoms. The van der Waals surface area contributed by atoms with Crippen LogP contribution in [0.1, 0.15) is 11.1 Å². The van der Waals surface area contributed by atoms with Crippen LogP contribution < -0.4 is 14.2 Å². The van der Waals surface area contributed by atoms with Crippen molar-refractivity contribution < 1.29 is 47.6 Å². The van der Waals surface area contributed by atoms with Crippen molar-refractivity contribution in [1.29, 1.82) is 0 Å². The van der Waals surface area contributed by atoms with Gasteiger partial charge < -0.3 is 28.4 Å². The Kier molecular flexibility index (Phi) is 11.2. The second-order valence-corrected chi connectivity index (χ2v) is 6.62. The van der Waals surface area contributed by atoms with Gasteiger partial charge in [0.25, 0.3) is 0 Å². The molecular weight excluding hydrogens is 484 g/mol. The highest BCUT2D eigenvalue weighted by atomic mass is 16.7. The molecule has 0 radical (unpaired) electrons. The minimum absolute atomic E-state index is 0.0255. The lowest BCUT2D eigenvalue weighted by Gasteiger charge is -2.13. The van der Waals surface area contributed by atoms with Crippen molar-refractivity contribution >= 4 is 23.9 Å². The minimum Gasteiger partial charge on any atom is -0.458 e. The van der Waals surface area contributed by atoms with E-state index in [4.69, 9.17) is 28.4 Å². The van der Waals surface area contributed by atoms with E-state index >= 15 is 0 Å². The Morgan fingerprint density at radius 2 is 1.30 bits per heavy atom. The van der Waals surface area contributed by atoms with E-state index in [9.17, 15) is 19.2 Å². The summed E-state index contributed by atoms with van der Waals surface area (Å²) in [7, 11) is 0. The van der Waals surface area contributed by atoms with Crippen molar-refractivity contribution in [3.05, 3.63) is 91.6 Å². The lowest BCUT2D eigenvalue weighted by molar-refractivity contribution is -0.146. The predicted molar refractivity (Wildman–Crippen MR) is 129 cm³/mol. The molecule has 2 aromatic carbocycles. The van der Waals surface area contributed by atoms with Crippen LogP contribution in [-0.2, 0) is 40.0 Å². The highest BCUT2D eigenvalue weighted by Crippen LogP contribution is 2.32. The van der Waals surface area contributed by atoms with E-state index < -0.39 is 37.5 Å². The van der Waals surface area contributed by atoms with Crippen LogP contribution in [0.5, 0.6) is 17.2 Å². The van der Waals surface area contributed by atoms with Crippen molar-refractivity contribution in [2.75, 3.05) is 13.6 Å². The maximum atomic E-state index is 12.2. The van der Waals surface area contributed by atoms with E-state index in [2.05, 4.69) is 31.6 Å². The van der Waals surface area contributed by atoms with Crippen molar-refractivity contribution in [2.45, 2.75) is 6.61 Å². The third kappa shape index (κ3) is 10.2. The van der Waals surface area contributed by atoms with Gasteiger partial charge in [-0.2, -0.15) is 0 Å². The number of carbonyl (C=O) groups is 4. The van der Waals surface area contributed by atoms with Gasteiger partial charge >= 0.3 is 23.9 Å². The zero-order chi connectivity index (χ0) is 27.0. The summed E-state index contributed by atoms with van der Waals surface area (Å²) in [6, 6.07) is 10.8. The highest BCUT2D eigenvalue weighted by molar-refractivity contribution is 5.91. The summed E-state index contributed by atoms with van der Waals surface area (Å²) in [5.41, 5.74) is 1.26. The topological polar surface area (TPSA) is 124 Å². The number of hydrogen-bond donors (Lipinski definition) is 0. The molecule has 0 aliphatic heterocycles. The van der Waals surface area contributed by atoms with E-state index in [1.54, 1.807) is 24.3 Å². The van der Waals surface area contributed by atoms with Crippen LogP contribution in [0.2, 0.25) is 0 Å². The van der Waals surface area contributed by atoms with Gasteiger partial charge in [-0.05, 0) is 29.8 Å². The summed E-state index contributed by atoms with van der Waals surface area (Å²) in [5, 5.41) is 0. The number of esters is 4. The smallest absolute Gasteiger partial charge is 0.390 e. The van der Waals surface area contributed by atoms with Crippen molar-refractivity contribution in [3.8, 4) is 29.1 Å². The Labute approximate surface area is 212 Å². The molecular formula is C27H22O10. The molecule has 0 saturated heterocycles. The Morgan fingerprint density at radius 1 is 0.730 bits per heavy atom. The SMILES string of the molecule is C=CC(=O)OCOc1ccc(OC(=O)C#Cc2ccc(COC(=O)C=C)cc2)cc1OCOC(=O)C=C. The van der Waals surface area contributed by atoms with E-state index in [0.29, 0.717) is 5.56 Å². The lowest BCUT2D eigenvalue weighted by Crippen LogP contribution is -2.11. The van der Waals surface area contributed by atoms with Gasteiger partial charge in [0, 0.05) is 35.8 Å². The van der Waals surface area contributed by atoms with Crippen LogP contribution in [0, 0.1) is 11.8 Å². The van der Waals surface area contributed by atoms with Gasteiger partial charge in [0.2, 0.25) is 13.6 Å². The molecule has 0 aliphatic rings. The number of ether oxygens (including phenoxy) is 6. The quantitative estimate of drug-likeness (QED) is 0.106. The van der Waals surface area contributed by atoms with Crippen molar-refractivity contribution in [1.82, 2.24) is 0 Å². The monoisotopic (exact) mass is 506 g/mol. The third-order valence-corrected chi connectivity index (χ3v) is 4.10. The van der Waals surface area contributed by atoms with Gasteiger partial charge in [0.1, 0.15) is 12.4 Å². The molecule has 2 aromatic rings. The summed E-state index contributed by atoms with van der Waals surface area (Å²) in [6.45, 7) is 9.00. The first-order chi connectivity index (χ1) is 17.8. The largest absolute Gasteiger partial charge is 0.458 e.